The Hall–Kier alpha value is -2.70. The normalized spacial score (nSPS) is 13.9. The van der Waals surface area contributed by atoms with Crippen molar-refractivity contribution < 1.29 is 24.5 Å². The summed E-state index contributed by atoms with van der Waals surface area (Å²) in [7, 11) is 0. The van der Waals surface area contributed by atoms with E-state index in [0.29, 0.717) is 19.3 Å². The highest BCUT2D eigenvalue weighted by molar-refractivity contribution is 5.77. The van der Waals surface area contributed by atoms with Gasteiger partial charge in [-0.1, -0.05) is 209 Å². The molecular formula is C55H97NO5. The second-order valence-electron chi connectivity index (χ2n) is 17.2. The van der Waals surface area contributed by atoms with E-state index in [0.717, 1.165) is 89.9 Å². The zero-order valence-corrected chi connectivity index (χ0v) is 40.0. The van der Waals surface area contributed by atoms with Gasteiger partial charge in [-0.3, -0.25) is 9.59 Å². The first-order valence-corrected chi connectivity index (χ1v) is 25.7. The molecule has 0 aliphatic carbocycles. The fourth-order valence-electron chi connectivity index (χ4n) is 7.40. The Morgan fingerprint density at radius 1 is 0.492 bits per heavy atom. The third-order valence-corrected chi connectivity index (χ3v) is 11.3. The smallest absolute Gasteiger partial charge is 0.306 e. The first-order chi connectivity index (χ1) is 30.0. The summed E-state index contributed by atoms with van der Waals surface area (Å²) >= 11 is 0. The molecule has 3 unspecified atom stereocenters. The lowest BCUT2D eigenvalue weighted by atomic mass is 10.0. The van der Waals surface area contributed by atoms with Gasteiger partial charge in [0.2, 0.25) is 5.91 Å². The first kappa shape index (κ1) is 58.3. The number of ether oxygens (including phenoxy) is 1. The van der Waals surface area contributed by atoms with Crippen LogP contribution in [0.5, 0.6) is 0 Å². The van der Waals surface area contributed by atoms with Crippen molar-refractivity contribution in [1.29, 1.82) is 0 Å². The van der Waals surface area contributed by atoms with E-state index >= 15 is 0 Å². The van der Waals surface area contributed by atoms with Crippen LogP contribution in [0.25, 0.3) is 0 Å². The maximum atomic E-state index is 13.2. The largest absolute Gasteiger partial charge is 0.462 e. The molecule has 0 heterocycles. The molecule has 0 rings (SSSR count). The predicted octanol–water partition coefficient (Wildman–Crippen LogP) is 15.4. The Morgan fingerprint density at radius 2 is 0.902 bits per heavy atom. The number of unbranched alkanes of at least 4 members (excludes halogenated alkanes) is 21. The monoisotopic (exact) mass is 852 g/mol. The van der Waals surface area contributed by atoms with Gasteiger partial charge in [-0.05, 0) is 89.9 Å². The van der Waals surface area contributed by atoms with Crippen LogP contribution in [-0.4, -0.2) is 46.9 Å². The highest BCUT2D eigenvalue weighted by Crippen LogP contribution is 2.16. The van der Waals surface area contributed by atoms with Crippen LogP contribution < -0.4 is 5.32 Å². The number of amides is 1. The molecule has 6 heteroatoms. The molecule has 0 spiro atoms. The summed E-state index contributed by atoms with van der Waals surface area (Å²) in [6.07, 6.45) is 61.1. The van der Waals surface area contributed by atoms with Gasteiger partial charge in [0, 0.05) is 6.42 Å². The fourth-order valence-corrected chi connectivity index (χ4v) is 7.40. The van der Waals surface area contributed by atoms with Gasteiger partial charge in [0.05, 0.1) is 25.2 Å². The summed E-state index contributed by atoms with van der Waals surface area (Å²) in [5, 5.41) is 23.7. The molecule has 0 radical (unpaired) electrons. The molecular weight excluding hydrogens is 755 g/mol. The first-order valence-electron chi connectivity index (χ1n) is 25.7. The standard InChI is InChI=1S/C55H97NO5/c1-4-7-10-13-16-19-21-23-25-27-28-30-32-35-37-40-43-46-51(49-54(59)56-52(50-57)53(58)47-44-41-38-34-18-15-12-9-6-3)61-55(60)48-45-42-39-36-33-31-29-26-24-22-20-17-14-11-8-5-2/h7,10,16,19,23,25-26,28-30,35,37,51-53,57-58H,4-6,8-9,11-15,17-18,20-22,24,27,31-34,36,38-50H2,1-3H3,(H,56,59)/b10-7-,19-16-,25-23-,29-26+,30-28-,37-35-. The molecule has 0 aromatic rings. The number of aliphatic hydroxyl groups is 2. The zero-order valence-electron chi connectivity index (χ0n) is 40.0. The zero-order chi connectivity index (χ0) is 44.5. The van der Waals surface area contributed by atoms with Gasteiger partial charge in [-0.15, -0.1) is 0 Å². The van der Waals surface area contributed by atoms with Gasteiger partial charge in [-0.25, -0.2) is 0 Å². The van der Waals surface area contributed by atoms with E-state index in [-0.39, 0.29) is 24.9 Å². The number of rotatable bonds is 45. The maximum Gasteiger partial charge on any atom is 0.306 e. The van der Waals surface area contributed by atoms with Crippen molar-refractivity contribution in [2.75, 3.05) is 6.61 Å². The van der Waals surface area contributed by atoms with E-state index in [9.17, 15) is 19.8 Å². The van der Waals surface area contributed by atoms with Crippen LogP contribution in [0, 0.1) is 0 Å². The molecule has 352 valence electrons. The van der Waals surface area contributed by atoms with E-state index in [1.165, 1.54) is 103 Å². The lowest BCUT2D eigenvalue weighted by Gasteiger charge is -2.24. The molecule has 3 atom stereocenters. The van der Waals surface area contributed by atoms with Crippen LogP contribution in [-0.2, 0) is 14.3 Å². The Bertz CT molecular complexity index is 1140. The fraction of sp³-hybridized carbons (Fsp3) is 0.745. The Balaban J connectivity index is 4.70. The van der Waals surface area contributed by atoms with E-state index in [2.05, 4.69) is 99.0 Å². The summed E-state index contributed by atoms with van der Waals surface area (Å²) in [5.41, 5.74) is 0. The van der Waals surface area contributed by atoms with Crippen LogP contribution in [0.3, 0.4) is 0 Å². The molecule has 0 aromatic carbocycles. The molecule has 0 aliphatic heterocycles. The highest BCUT2D eigenvalue weighted by Gasteiger charge is 2.24. The predicted molar refractivity (Wildman–Crippen MR) is 264 cm³/mol. The second kappa shape index (κ2) is 48.3. The highest BCUT2D eigenvalue weighted by atomic mass is 16.5. The number of carbonyl (C=O) groups is 2. The number of esters is 1. The van der Waals surface area contributed by atoms with E-state index < -0.39 is 18.2 Å². The summed E-state index contributed by atoms with van der Waals surface area (Å²) in [4.78, 5) is 26.1. The quantitative estimate of drug-likeness (QED) is 0.0322. The average molecular weight is 852 g/mol. The van der Waals surface area contributed by atoms with E-state index in [1.807, 2.05) is 0 Å². The van der Waals surface area contributed by atoms with Crippen molar-refractivity contribution >= 4 is 11.9 Å². The molecule has 6 nitrogen and oxygen atoms in total. The molecule has 0 aliphatic rings. The molecule has 0 saturated carbocycles. The molecule has 0 aromatic heterocycles. The van der Waals surface area contributed by atoms with Crippen molar-refractivity contribution in [1.82, 2.24) is 5.32 Å². The summed E-state index contributed by atoms with van der Waals surface area (Å²) in [5.74, 6) is -0.542. The Morgan fingerprint density at radius 3 is 1.39 bits per heavy atom. The summed E-state index contributed by atoms with van der Waals surface area (Å²) in [6, 6.07) is -0.722. The number of allylic oxidation sites excluding steroid dienone is 12. The average Bonchev–Trinajstić information content (AvgIpc) is 3.25. The second-order valence-corrected chi connectivity index (χ2v) is 17.2. The molecule has 61 heavy (non-hydrogen) atoms. The van der Waals surface area contributed by atoms with Crippen molar-refractivity contribution in [3.05, 3.63) is 72.9 Å². The summed E-state index contributed by atoms with van der Waals surface area (Å²) in [6.45, 7) is 6.33. The van der Waals surface area contributed by atoms with Gasteiger partial charge in [0.25, 0.3) is 0 Å². The Kier molecular flexibility index (Phi) is 46.2. The maximum absolute atomic E-state index is 13.2. The minimum atomic E-state index is -0.805. The molecule has 0 bridgehead atoms. The van der Waals surface area contributed by atoms with Crippen LogP contribution in [0.2, 0.25) is 0 Å². The van der Waals surface area contributed by atoms with Crippen molar-refractivity contribution in [3.8, 4) is 0 Å². The molecule has 0 fully saturated rings. The minimum absolute atomic E-state index is 0.0329. The van der Waals surface area contributed by atoms with E-state index in [4.69, 9.17) is 4.74 Å². The molecule has 0 saturated heterocycles. The van der Waals surface area contributed by atoms with Crippen molar-refractivity contribution in [2.45, 2.75) is 257 Å². The molecule has 3 N–H and O–H groups in total. The third-order valence-electron chi connectivity index (χ3n) is 11.3. The minimum Gasteiger partial charge on any atom is -0.462 e. The number of carbonyl (C=O) groups excluding carboxylic acids is 2. The van der Waals surface area contributed by atoms with Gasteiger partial charge in [0.1, 0.15) is 6.10 Å². The van der Waals surface area contributed by atoms with Crippen LogP contribution in [0.4, 0.5) is 0 Å². The number of aliphatic hydroxyl groups excluding tert-OH is 2. The SMILES string of the molecule is CC/C=C\C/C=C\C/C=C\C/C=C\C/C=C\CCCC(CC(=O)NC(CO)C(O)CCCCCCCCCCC)OC(=O)CCCCCCC/C=C/CCCCCCCCC. The van der Waals surface area contributed by atoms with Gasteiger partial charge >= 0.3 is 5.97 Å². The van der Waals surface area contributed by atoms with E-state index in [1.54, 1.807) is 0 Å². The van der Waals surface area contributed by atoms with Gasteiger partial charge < -0.3 is 20.3 Å². The van der Waals surface area contributed by atoms with Crippen LogP contribution in [0.1, 0.15) is 239 Å². The number of hydrogen-bond donors (Lipinski definition) is 3. The lowest BCUT2D eigenvalue weighted by molar-refractivity contribution is -0.151. The Labute approximate surface area is 377 Å². The summed E-state index contributed by atoms with van der Waals surface area (Å²) < 4.78 is 5.90. The van der Waals surface area contributed by atoms with Crippen molar-refractivity contribution in [2.24, 2.45) is 0 Å². The lowest BCUT2D eigenvalue weighted by Crippen LogP contribution is -2.46. The van der Waals surface area contributed by atoms with Gasteiger partial charge in [-0.2, -0.15) is 0 Å². The van der Waals surface area contributed by atoms with Crippen molar-refractivity contribution in [3.63, 3.8) is 0 Å². The van der Waals surface area contributed by atoms with Gasteiger partial charge in [0.15, 0.2) is 0 Å². The third kappa shape index (κ3) is 43.7. The number of hydrogen-bond acceptors (Lipinski definition) is 5. The molecule has 1 amide bonds. The topological polar surface area (TPSA) is 95.9 Å². The number of nitrogens with one attached hydrogen (secondary N) is 1. The van der Waals surface area contributed by atoms with Crippen LogP contribution in [0.15, 0.2) is 72.9 Å². The van der Waals surface area contributed by atoms with Crippen LogP contribution >= 0.6 is 0 Å².